The van der Waals surface area contributed by atoms with Crippen molar-refractivity contribution < 1.29 is 17.6 Å². The van der Waals surface area contributed by atoms with Crippen LogP contribution in [0.2, 0.25) is 5.15 Å². The van der Waals surface area contributed by atoms with Crippen molar-refractivity contribution in [1.82, 2.24) is 0 Å². The van der Waals surface area contributed by atoms with Crippen LogP contribution in [0.4, 0.5) is 0 Å². The third kappa shape index (κ3) is 9.06. The van der Waals surface area contributed by atoms with Crippen molar-refractivity contribution in [1.29, 1.82) is 0 Å². The van der Waals surface area contributed by atoms with Crippen LogP contribution in [0.25, 0.3) is 0 Å². The number of rotatable bonds is 0. The molecular weight excluding hydrogens is 216 g/mol. The Morgan fingerprint density at radius 2 is 2.00 bits per heavy atom. The summed E-state index contributed by atoms with van der Waals surface area (Å²) in [6, 6.07) is 5.36. The maximum atomic E-state index is 9.08. The minimum Gasteiger partial charge on any atom is -0.748 e. The van der Waals surface area contributed by atoms with Gasteiger partial charge in [0.25, 0.3) is 0 Å². The number of pyridine rings is 1. The number of nitrogens with zero attached hydrogens (tertiary/aromatic N) is 1. The molecule has 0 atom stereocenters. The van der Waals surface area contributed by atoms with Crippen molar-refractivity contribution in [3.05, 3.63) is 29.5 Å². The highest BCUT2D eigenvalue weighted by Gasteiger charge is 1.96. The average Bonchev–Trinajstić information content (AvgIpc) is 1.92. The normalized spacial score (nSPS) is 10.1. The van der Waals surface area contributed by atoms with Crippen LogP contribution in [0.3, 0.4) is 0 Å². The van der Waals surface area contributed by atoms with Crippen molar-refractivity contribution >= 4 is 21.7 Å². The van der Waals surface area contributed by atoms with Gasteiger partial charge in [-0.15, -0.1) is 0 Å². The Bertz CT molecular complexity index is 337. The first-order valence-electron chi connectivity index (χ1n) is 3.13. The van der Waals surface area contributed by atoms with Crippen LogP contribution >= 0.6 is 11.6 Å². The van der Waals surface area contributed by atoms with Crippen LogP contribution in [0.15, 0.2) is 24.4 Å². The Labute approximate surface area is 81.5 Å². The summed E-state index contributed by atoms with van der Waals surface area (Å²) < 4.78 is 28.6. The molecule has 0 saturated heterocycles. The molecule has 0 radical (unpaired) electrons. The Morgan fingerprint density at radius 1 is 1.54 bits per heavy atom. The molecule has 0 saturated carbocycles. The van der Waals surface area contributed by atoms with E-state index in [1.165, 1.54) is 4.68 Å². The number of nitrogens with two attached hydrogens (primary N) is 1. The van der Waals surface area contributed by atoms with E-state index in [2.05, 4.69) is 0 Å². The van der Waals surface area contributed by atoms with Gasteiger partial charge in [0, 0.05) is 18.4 Å². The molecule has 1 aromatic heterocycles. The molecule has 0 unspecified atom stereocenters. The quantitative estimate of drug-likeness (QED) is 0.279. The van der Waals surface area contributed by atoms with Crippen LogP contribution in [-0.2, 0) is 10.1 Å². The van der Waals surface area contributed by atoms with E-state index in [4.69, 9.17) is 30.4 Å². The molecule has 0 fully saturated rings. The smallest absolute Gasteiger partial charge is 0.303 e. The summed E-state index contributed by atoms with van der Waals surface area (Å²) in [7, 11) is -3.92. The lowest BCUT2D eigenvalue weighted by molar-refractivity contribution is -0.636. The molecule has 0 aliphatic carbocycles. The van der Waals surface area contributed by atoms with E-state index in [-0.39, 0.29) is 0 Å². The molecule has 1 rings (SSSR count). The zero-order valence-corrected chi connectivity index (χ0v) is 8.42. The predicted octanol–water partition coefficient (Wildman–Crippen LogP) is -0.497. The fraction of sp³-hybridized carbons (Fsp3) is 0.167. The minimum atomic E-state index is -3.92. The van der Waals surface area contributed by atoms with Crippen molar-refractivity contribution in [2.45, 2.75) is 0 Å². The van der Waals surface area contributed by atoms with Crippen molar-refractivity contribution in [3.8, 4) is 0 Å². The molecule has 13 heavy (non-hydrogen) atoms. The lowest BCUT2D eigenvalue weighted by Crippen LogP contribution is -2.44. The van der Waals surface area contributed by atoms with E-state index < -0.39 is 10.1 Å². The van der Waals surface area contributed by atoms with E-state index >= 15 is 0 Å². The monoisotopic (exact) mass is 224 g/mol. The van der Waals surface area contributed by atoms with Gasteiger partial charge in [0.1, 0.15) is 0 Å². The van der Waals surface area contributed by atoms with Gasteiger partial charge in [0.15, 0.2) is 0 Å². The molecule has 1 heterocycles. The number of hydrogen-bond donors (Lipinski definition) is 1. The van der Waals surface area contributed by atoms with Gasteiger partial charge in [-0.2, -0.15) is 0 Å². The topological polar surface area (TPSA) is 87.1 Å². The molecule has 7 heteroatoms. The van der Waals surface area contributed by atoms with E-state index in [1.54, 1.807) is 12.3 Å². The second kappa shape index (κ2) is 5.00. The summed E-state index contributed by atoms with van der Waals surface area (Å²) in [5.74, 6) is 5.30. The minimum absolute atomic E-state index is 0.535. The molecule has 5 nitrogen and oxygen atoms in total. The zero-order valence-electron chi connectivity index (χ0n) is 6.84. The third-order valence-electron chi connectivity index (χ3n) is 0.838. The molecule has 2 N–H and O–H groups in total. The Kier molecular flexibility index (Phi) is 4.68. The molecule has 0 aromatic carbocycles. The largest absolute Gasteiger partial charge is 0.748 e. The first-order valence-corrected chi connectivity index (χ1v) is 5.32. The Hall–Kier alpha value is -0.850. The van der Waals surface area contributed by atoms with E-state index in [1.807, 2.05) is 12.1 Å². The summed E-state index contributed by atoms with van der Waals surface area (Å²) in [6.07, 6.45) is 2.29. The van der Waals surface area contributed by atoms with Gasteiger partial charge in [0.05, 0.1) is 10.1 Å². The molecule has 0 aliphatic rings. The van der Waals surface area contributed by atoms with Crippen molar-refractivity contribution in [2.24, 2.45) is 0 Å². The number of aromatic nitrogens is 1. The van der Waals surface area contributed by atoms with Gasteiger partial charge in [-0.05, 0) is 17.7 Å². The van der Waals surface area contributed by atoms with Crippen LogP contribution < -0.4 is 10.5 Å². The number of halogens is 1. The second-order valence-corrected chi connectivity index (χ2v) is 3.93. The van der Waals surface area contributed by atoms with Gasteiger partial charge in [-0.3, -0.25) is 0 Å². The van der Waals surface area contributed by atoms with Crippen LogP contribution in [0.5, 0.6) is 0 Å². The lowest BCUT2D eigenvalue weighted by Gasteiger charge is -1.90. The first kappa shape index (κ1) is 12.2. The molecule has 1 aromatic rings. The van der Waals surface area contributed by atoms with E-state index in [0.29, 0.717) is 11.4 Å². The number of hydrogen-bond acceptors (Lipinski definition) is 4. The average molecular weight is 225 g/mol. The Balaban J connectivity index is 0.000000252. The summed E-state index contributed by atoms with van der Waals surface area (Å²) in [4.78, 5) is 0. The standard InChI is InChI=1S/C5H6ClN2.CH4O3S/c6-5-3-1-2-4-8(5)7;1-5(2,3)4/h1-4H,7H2;1H3,(H,2,3,4)/q+1;/p-1. The van der Waals surface area contributed by atoms with Crippen molar-refractivity contribution in [2.75, 3.05) is 12.1 Å². The fourth-order valence-electron chi connectivity index (χ4n) is 0.435. The predicted molar refractivity (Wildman–Crippen MR) is 47.4 cm³/mol. The number of nitrogen functional groups attached to an aromatic ring is 1. The highest BCUT2D eigenvalue weighted by atomic mass is 35.5. The fourth-order valence-corrected chi connectivity index (χ4v) is 0.564. The van der Waals surface area contributed by atoms with E-state index in [0.717, 1.165) is 0 Å². The van der Waals surface area contributed by atoms with Crippen LogP contribution in [-0.4, -0.2) is 19.2 Å². The second-order valence-electron chi connectivity index (χ2n) is 2.13. The summed E-state index contributed by atoms with van der Waals surface area (Å²) >= 11 is 5.55. The highest BCUT2D eigenvalue weighted by molar-refractivity contribution is 7.84. The molecule has 0 amide bonds. The van der Waals surface area contributed by atoms with Gasteiger partial charge >= 0.3 is 5.15 Å². The summed E-state index contributed by atoms with van der Waals surface area (Å²) in [6.45, 7) is 0. The van der Waals surface area contributed by atoms with Crippen LogP contribution in [0, 0.1) is 0 Å². The maximum absolute atomic E-state index is 9.08. The third-order valence-corrected chi connectivity index (χ3v) is 1.16. The molecule has 0 aliphatic heterocycles. The SMILES string of the molecule is CS(=O)(=O)[O-].N[n+]1ccccc1Cl. The van der Waals surface area contributed by atoms with Gasteiger partial charge in [-0.25, -0.2) is 14.3 Å². The van der Waals surface area contributed by atoms with Gasteiger partial charge in [-0.1, -0.05) is 4.68 Å². The van der Waals surface area contributed by atoms with Gasteiger partial charge < -0.3 is 4.55 Å². The van der Waals surface area contributed by atoms with Gasteiger partial charge in [0.2, 0.25) is 6.20 Å². The van der Waals surface area contributed by atoms with Crippen molar-refractivity contribution in [3.63, 3.8) is 0 Å². The maximum Gasteiger partial charge on any atom is 0.303 e. The van der Waals surface area contributed by atoms with Crippen LogP contribution in [0.1, 0.15) is 0 Å². The lowest BCUT2D eigenvalue weighted by atomic mass is 10.5. The molecule has 74 valence electrons. The molecule has 0 spiro atoms. The first-order chi connectivity index (χ1) is 5.80. The Morgan fingerprint density at radius 3 is 2.23 bits per heavy atom. The zero-order chi connectivity index (χ0) is 10.5. The summed E-state index contributed by atoms with van der Waals surface area (Å²) in [5.41, 5.74) is 0. The molecular formula is C6H9ClN2O3S. The highest BCUT2D eigenvalue weighted by Crippen LogP contribution is 1.94. The summed E-state index contributed by atoms with van der Waals surface area (Å²) in [5, 5.41) is 0.535. The molecule has 0 bridgehead atoms. The van der Waals surface area contributed by atoms with E-state index in [9.17, 15) is 0 Å².